The van der Waals surface area contributed by atoms with Gasteiger partial charge in [-0.15, -0.1) is 0 Å². The maximum atomic E-state index is 5.84. The van der Waals surface area contributed by atoms with E-state index in [1.165, 1.54) is 64.2 Å². The number of hydrogen-bond donors (Lipinski definition) is 2. The molecule has 2 heteroatoms. The molecule has 4 atom stereocenters. The summed E-state index contributed by atoms with van der Waals surface area (Å²) in [6.07, 6.45) is 19.7. The third-order valence-corrected chi connectivity index (χ3v) is 5.77. The summed E-state index contributed by atoms with van der Waals surface area (Å²) in [4.78, 5) is 0. The lowest BCUT2D eigenvalue weighted by Crippen LogP contribution is -2.32. The van der Waals surface area contributed by atoms with Crippen molar-refractivity contribution in [2.45, 2.75) is 84.5 Å². The molecule has 0 amide bonds. The highest BCUT2D eigenvalue weighted by molar-refractivity contribution is 5.05. The first-order valence-electron chi connectivity index (χ1n) is 10.4. The van der Waals surface area contributed by atoms with Crippen molar-refractivity contribution < 1.29 is 0 Å². The summed E-state index contributed by atoms with van der Waals surface area (Å²) in [7, 11) is 0. The molecule has 1 aliphatic carbocycles. The van der Waals surface area contributed by atoms with Gasteiger partial charge in [-0.1, -0.05) is 58.1 Å². The van der Waals surface area contributed by atoms with E-state index in [9.17, 15) is 0 Å². The zero-order valence-corrected chi connectivity index (χ0v) is 15.8. The highest BCUT2D eigenvalue weighted by Crippen LogP contribution is 2.43. The summed E-state index contributed by atoms with van der Waals surface area (Å²) < 4.78 is 0. The van der Waals surface area contributed by atoms with Crippen LogP contribution in [0, 0.1) is 23.7 Å². The van der Waals surface area contributed by atoms with Crippen LogP contribution in [0.1, 0.15) is 84.5 Å². The second kappa shape index (κ2) is 13.0. The minimum atomic E-state index is 0.745. The maximum absolute atomic E-state index is 5.84. The van der Waals surface area contributed by atoms with Gasteiger partial charge in [-0.3, -0.25) is 0 Å². The maximum Gasteiger partial charge on any atom is -0.00771 e. The molecule has 2 nitrogen and oxygen atoms in total. The molecule has 1 aliphatic rings. The molecule has 1 rings (SSSR count). The molecule has 4 unspecified atom stereocenters. The summed E-state index contributed by atoms with van der Waals surface area (Å²) >= 11 is 0. The molecule has 0 fully saturated rings. The van der Waals surface area contributed by atoms with E-state index in [4.69, 9.17) is 11.5 Å². The van der Waals surface area contributed by atoms with Gasteiger partial charge in [-0.05, 0) is 75.3 Å². The molecule has 0 heterocycles. The zero-order chi connectivity index (χ0) is 16.9. The van der Waals surface area contributed by atoms with Gasteiger partial charge in [0, 0.05) is 0 Å². The molecule has 23 heavy (non-hydrogen) atoms. The van der Waals surface area contributed by atoms with Crippen molar-refractivity contribution in [3.05, 3.63) is 12.2 Å². The van der Waals surface area contributed by atoms with Crippen LogP contribution in [0.25, 0.3) is 0 Å². The second-order valence-electron chi connectivity index (χ2n) is 7.54. The van der Waals surface area contributed by atoms with E-state index in [0.717, 1.165) is 43.2 Å². The molecule has 0 spiro atoms. The molecule has 0 saturated heterocycles. The Morgan fingerprint density at radius 2 is 1.09 bits per heavy atom. The van der Waals surface area contributed by atoms with Crippen LogP contribution < -0.4 is 11.5 Å². The first kappa shape index (κ1) is 20.7. The summed E-state index contributed by atoms with van der Waals surface area (Å²) in [5, 5.41) is 0. The topological polar surface area (TPSA) is 52.0 Å². The van der Waals surface area contributed by atoms with Crippen LogP contribution in [-0.4, -0.2) is 13.1 Å². The molecule has 136 valence electrons. The van der Waals surface area contributed by atoms with Gasteiger partial charge in [-0.25, -0.2) is 0 Å². The highest BCUT2D eigenvalue weighted by atomic mass is 14.5. The Bertz CT molecular complexity index is 300. The van der Waals surface area contributed by atoms with Gasteiger partial charge in [0.2, 0.25) is 0 Å². The van der Waals surface area contributed by atoms with Gasteiger partial charge in [0.15, 0.2) is 0 Å². The van der Waals surface area contributed by atoms with E-state index < -0.39 is 0 Å². The Hall–Kier alpha value is -0.340. The predicted octanol–water partition coefficient (Wildman–Crippen LogP) is 5.27. The van der Waals surface area contributed by atoms with Crippen LogP contribution in [0.3, 0.4) is 0 Å². The van der Waals surface area contributed by atoms with Crippen molar-refractivity contribution in [2.75, 3.05) is 13.1 Å². The third kappa shape index (κ3) is 7.39. The average Bonchev–Trinajstić information content (AvgIpc) is 2.57. The van der Waals surface area contributed by atoms with Gasteiger partial charge in [0.05, 0.1) is 0 Å². The van der Waals surface area contributed by atoms with Crippen molar-refractivity contribution >= 4 is 0 Å². The lowest BCUT2D eigenvalue weighted by atomic mass is 9.65. The quantitative estimate of drug-likeness (QED) is 0.358. The molecule has 0 radical (unpaired) electrons. The Labute approximate surface area is 145 Å². The summed E-state index contributed by atoms with van der Waals surface area (Å²) in [5.41, 5.74) is 11.6. The van der Waals surface area contributed by atoms with Gasteiger partial charge < -0.3 is 11.5 Å². The molecule has 0 aromatic carbocycles. The average molecular weight is 323 g/mol. The van der Waals surface area contributed by atoms with Crippen molar-refractivity contribution in [1.29, 1.82) is 0 Å². The van der Waals surface area contributed by atoms with Crippen LogP contribution in [0.4, 0.5) is 0 Å². The van der Waals surface area contributed by atoms with Crippen LogP contribution in [0.15, 0.2) is 12.2 Å². The van der Waals surface area contributed by atoms with Gasteiger partial charge in [0.25, 0.3) is 0 Å². The fourth-order valence-electron chi connectivity index (χ4n) is 4.46. The Morgan fingerprint density at radius 3 is 1.61 bits per heavy atom. The van der Waals surface area contributed by atoms with E-state index >= 15 is 0 Å². The molecule has 0 bridgehead atoms. The van der Waals surface area contributed by atoms with E-state index in [1.54, 1.807) is 0 Å². The van der Waals surface area contributed by atoms with E-state index in [2.05, 4.69) is 26.0 Å². The zero-order valence-electron chi connectivity index (χ0n) is 15.8. The van der Waals surface area contributed by atoms with Crippen LogP contribution in [0.2, 0.25) is 0 Å². The normalized spacial score (nSPS) is 27.5. The molecule has 4 N–H and O–H groups in total. The fraction of sp³-hybridized carbons (Fsp3) is 0.905. The van der Waals surface area contributed by atoms with E-state index in [1.807, 2.05) is 0 Å². The number of nitrogens with two attached hydrogens (primary N) is 2. The van der Waals surface area contributed by atoms with Gasteiger partial charge in [0.1, 0.15) is 0 Å². The Balaban J connectivity index is 2.80. The molecule has 0 aromatic rings. The largest absolute Gasteiger partial charge is 0.330 e. The SMILES string of the molecule is CCCCCC1C(CCCC)C=CC(CCCN)C1CCCN. The van der Waals surface area contributed by atoms with Crippen molar-refractivity contribution in [2.24, 2.45) is 35.1 Å². The predicted molar refractivity (Wildman–Crippen MR) is 103 cm³/mol. The monoisotopic (exact) mass is 322 g/mol. The van der Waals surface area contributed by atoms with Gasteiger partial charge >= 0.3 is 0 Å². The van der Waals surface area contributed by atoms with Crippen molar-refractivity contribution in [1.82, 2.24) is 0 Å². The molecular weight excluding hydrogens is 280 g/mol. The summed E-state index contributed by atoms with van der Waals surface area (Å²) in [6.45, 7) is 6.29. The van der Waals surface area contributed by atoms with E-state index in [0.29, 0.717) is 0 Å². The van der Waals surface area contributed by atoms with Crippen LogP contribution in [-0.2, 0) is 0 Å². The molecule has 0 aromatic heterocycles. The van der Waals surface area contributed by atoms with Crippen LogP contribution >= 0.6 is 0 Å². The number of rotatable bonds is 13. The minimum absolute atomic E-state index is 0.745. The number of hydrogen-bond acceptors (Lipinski definition) is 2. The molecule has 0 saturated carbocycles. The molecular formula is C21H42N2. The Morgan fingerprint density at radius 1 is 0.609 bits per heavy atom. The second-order valence-corrected chi connectivity index (χ2v) is 7.54. The highest BCUT2D eigenvalue weighted by Gasteiger charge is 2.34. The lowest BCUT2D eigenvalue weighted by molar-refractivity contribution is 0.148. The van der Waals surface area contributed by atoms with Gasteiger partial charge in [-0.2, -0.15) is 0 Å². The first-order valence-corrected chi connectivity index (χ1v) is 10.4. The first-order chi connectivity index (χ1) is 11.3. The van der Waals surface area contributed by atoms with Crippen LogP contribution in [0.5, 0.6) is 0 Å². The lowest BCUT2D eigenvalue weighted by Gasteiger charge is -2.41. The fourth-order valence-corrected chi connectivity index (χ4v) is 4.46. The minimum Gasteiger partial charge on any atom is -0.330 e. The summed E-state index contributed by atoms with van der Waals surface area (Å²) in [6, 6.07) is 0. The number of allylic oxidation sites excluding steroid dienone is 2. The standard InChI is InChI=1S/C21H42N2/c1-3-5-7-12-20-18(10-6-4-2)14-15-19(11-8-16-22)21(20)13-9-17-23/h14-15,18-21H,3-13,16-17,22-23H2,1-2H3. The van der Waals surface area contributed by atoms with Crippen molar-refractivity contribution in [3.63, 3.8) is 0 Å². The Kier molecular flexibility index (Phi) is 11.7. The van der Waals surface area contributed by atoms with Crippen molar-refractivity contribution in [3.8, 4) is 0 Å². The smallest absolute Gasteiger partial charge is 0.00771 e. The number of unbranched alkanes of at least 4 members (excludes halogenated alkanes) is 3. The molecule has 0 aliphatic heterocycles. The van der Waals surface area contributed by atoms with E-state index in [-0.39, 0.29) is 0 Å². The summed E-state index contributed by atoms with van der Waals surface area (Å²) in [5.74, 6) is 3.28. The third-order valence-electron chi connectivity index (χ3n) is 5.77.